The lowest BCUT2D eigenvalue weighted by atomic mass is 9.88. The monoisotopic (exact) mass is 594 g/mol. The van der Waals surface area contributed by atoms with E-state index in [2.05, 4.69) is 100 Å². The van der Waals surface area contributed by atoms with Crippen LogP contribution in [0.2, 0.25) is 0 Å². The van der Waals surface area contributed by atoms with Gasteiger partial charge in [-0.2, -0.15) is 5.10 Å². The largest absolute Gasteiger partial charge is 0.465 e. The molecule has 0 spiro atoms. The van der Waals surface area contributed by atoms with Gasteiger partial charge in [0.2, 0.25) is 0 Å². The molecular weight excluding hydrogens is 556 g/mol. The lowest BCUT2D eigenvalue weighted by Gasteiger charge is -2.18. The molecule has 6 nitrogen and oxygen atoms in total. The van der Waals surface area contributed by atoms with Crippen LogP contribution >= 0.6 is 0 Å². The maximum atomic E-state index is 12.3. The topological polar surface area (TPSA) is 61.9 Å². The number of benzene rings is 4. The minimum atomic E-state index is -0.353. The van der Waals surface area contributed by atoms with Crippen LogP contribution in [0.1, 0.15) is 65.9 Å². The quantitative estimate of drug-likeness (QED) is 0.117. The zero-order valence-corrected chi connectivity index (χ0v) is 25.7. The second-order valence-corrected chi connectivity index (χ2v) is 12.0. The van der Waals surface area contributed by atoms with Gasteiger partial charge in [0.1, 0.15) is 5.82 Å². The Morgan fingerprint density at radius 3 is 2.36 bits per heavy atom. The molecule has 0 N–H and O–H groups in total. The second kappa shape index (κ2) is 12.9. The minimum Gasteiger partial charge on any atom is -0.465 e. The van der Waals surface area contributed by atoms with E-state index in [1.807, 2.05) is 18.2 Å². The normalized spacial score (nSPS) is 13.4. The lowest BCUT2D eigenvalue weighted by molar-refractivity contribution is 0.0601. The average Bonchev–Trinajstić information content (AvgIpc) is 3.68. The van der Waals surface area contributed by atoms with E-state index in [0.717, 1.165) is 59.3 Å². The Kier molecular flexibility index (Phi) is 8.28. The van der Waals surface area contributed by atoms with E-state index in [1.54, 1.807) is 0 Å². The number of aromatic nitrogens is 4. The van der Waals surface area contributed by atoms with Crippen LogP contribution in [0.3, 0.4) is 0 Å². The van der Waals surface area contributed by atoms with Crippen LogP contribution in [0.4, 0.5) is 0 Å². The zero-order chi connectivity index (χ0) is 30.6. The van der Waals surface area contributed by atoms with Crippen molar-refractivity contribution in [1.29, 1.82) is 0 Å². The molecule has 6 aromatic rings. The van der Waals surface area contributed by atoms with Gasteiger partial charge in [0.15, 0.2) is 0 Å². The summed E-state index contributed by atoms with van der Waals surface area (Å²) in [6, 6.07) is 33.6. The third-order valence-electron chi connectivity index (χ3n) is 9.07. The summed E-state index contributed by atoms with van der Waals surface area (Å²) in [4.78, 5) is 17.3. The Morgan fingerprint density at radius 1 is 0.867 bits per heavy atom. The van der Waals surface area contributed by atoms with Gasteiger partial charge < -0.3 is 9.30 Å². The van der Waals surface area contributed by atoms with E-state index < -0.39 is 0 Å². The van der Waals surface area contributed by atoms with Gasteiger partial charge in [-0.05, 0) is 73.9 Å². The van der Waals surface area contributed by atoms with Gasteiger partial charge in [-0.1, -0.05) is 84.4 Å². The highest BCUT2D eigenvalue weighted by Gasteiger charge is 2.18. The number of esters is 1. The first-order valence-corrected chi connectivity index (χ1v) is 16.0. The van der Waals surface area contributed by atoms with Crippen LogP contribution in [0.5, 0.6) is 0 Å². The van der Waals surface area contributed by atoms with E-state index in [0.29, 0.717) is 11.5 Å². The SMILES string of the molecule is COC(=O)c1ccc2c(c1)nc(-c1ccc3cn(CCC(c4ccccc4)c4ccccc4)nc3c1)n2CCC1=CCCCC1. The standard InChI is InChI=1S/C39H38N4O2/c1-45-39(44)32-19-20-37-36(26-32)40-38(43(37)24-21-28-11-5-2-6-12-28)31-17-18-33-27-42(41-35(33)25-31)23-22-34(29-13-7-3-8-14-29)30-15-9-4-10-16-30/h3-4,7-11,13-20,25-27,34H,2,5-6,12,21-24H2,1H3. The van der Waals surface area contributed by atoms with Crippen molar-refractivity contribution in [2.45, 2.75) is 57.5 Å². The molecule has 4 aromatic carbocycles. The molecule has 0 bridgehead atoms. The Morgan fingerprint density at radius 2 is 1.64 bits per heavy atom. The van der Waals surface area contributed by atoms with Crippen molar-refractivity contribution in [3.8, 4) is 11.4 Å². The molecule has 45 heavy (non-hydrogen) atoms. The summed E-state index contributed by atoms with van der Waals surface area (Å²) in [6.07, 6.45) is 11.4. The number of imidazole rings is 1. The Balaban J connectivity index is 1.19. The molecule has 0 atom stereocenters. The number of aryl methyl sites for hydroxylation is 2. The van der Waals surface area contributed by atoms with Crippen LogP contribution in [0.15, 0.2) is 115 Å². The number of ether oxygens (including phenoxy) is 1. The number of carbonyl (C=O) groups excluding carboxylic acids is 1. The minimum absolute atomic E-state index is 0.296. The number of nitrogens with zero attached hydrogens (tertiary/aromatic N) is 4. The number of rotatable bonds is 10. The third kappa shape index (κ3) is 6.18. The summed E-state index contributed by atoms with van der Waals surface area (Å²) in [5.41, 5.74) is 8.46. The van der Waals surface area contributed by atoms with Gasteiger partial charge in [-0.15, -0.1) is 0 Å². The van der Waals surface area contributed by atoms with Gasteiger partial charge in [-0.3, -0.25) is 4.68 Å². The lowest BCUT2D eigenvalue weighted by Crippen LogP contribution is -2.07. The smallest absolute Gasteiger partial charge is 0.337 e. The first-order valence-electron chi connectivity index (χ1n) is 16.0. The number of allylic oxidation sites excluding steroid dienone is 2. The molecular formula is C39H38N4O2. The number of hydrogen-bond acceptors (Lipinski definition) is 4. The number of hydrogen-bond donors (Lipinski definition) is 0. The maximum Gasteiger partial charge on any atom is 0.337 e. The van der Waals surface area contributed by atoms with Crippen molar-refractivity contribution in [2.75, 3.05) is 7.11 Å². The molecule has 0 amide bonds. The van der Waals surface area contributed by atoms with E-state index >= 15 is 0 Å². The zero-order valence-electron chi connectivity index (χ0n) is 25.7. The summed E-state index contributed by atoms with van der Waals surface area (Å²) < 4.78 is 9.36. The van der Waals surface area contributed by atoms with Crippen molar-refractivity contribution in [3.05, 3.63) is 132 Å². The summed E-state index contributed by atoms with van der Waals surface area (Å²) in [5.74, 6) is 0.839. The molecule has 6 heteroatoms. The molecule has 0 radical (unpaired) electrons. The van der Waals surface area contributed by atoms with E-state index in [4.69, 9.17) is 14.8 Å². The molecule has 2 aromatic heterocycles. The van der Waals surface area contributed by atoms with Crippen LogP contribution in [-0.4, -0.2) is 32.4 Å². The van der Waals surface area contributed by atoms with Crippen molar-refractivity contribution in [2.24, 2.45) is 0 Å². The van der Waals surface area contributed by atoms with Gasteiger partial charge in [0.25, 0.3) is 0 Å². The molecule has 0 aliphatic heterocycles. The fraction of sp³-hybridized carbons (Fsp3) is 0.256. The first-order chi connectivity index (χ1) is 22.2. The van der Waals surface area contributed by atoms with E-state index in [-0.39, 0.29) is 5.97 Å². The van der Waals surface area contributed by atoms with Crippen LogP contribution in [0.25, 0.3) is 33.3 Å². The molecule has 0 saturated carbocycles. The highest BCUT2D eigenvalue weighted by atomic mass is 16.5. The fourth-order valence-corrected chi connectivity index (χ4v) is 6.69. The average molecular weight is 595 g/mol. The van der Waals surface area contributed by atoms with Gasteiger partial charge in [-0.25, -0.2) is 9.78 Å². The molecule has 0 fully saturated rings. The Hall–Kier alpha value is -4.97. The van der Waals surface area contributed by atoms with Crippen molar-refractivity contribution < 1.29 is 9.53 Å². The number of fused-ring (bicyclic) bond motifs is 2. The van der Waals surface area contributed by atoms with E-state index in [9.17, 15) is 4.79 Å². The molecule has 7 rings (SSSR count). The third-order valence-corrected chi connectivity index (χ3v) is 9.07. The molecule has 2 heterocycles. The number of carbonyl (C=O) groups is 1. The summed E-state index contributed by atoms with van der Waals surface area (Å²) in [6.45, 7) is 1.64. The van der Waals surface area contributed by atoms with Crippen molar-refractivity contribution in [3.63, 3.8) is 0 Å². The molecule has 226 valence electrons. The van der Waals surface area contributed by atoms with Crippen LogP contribution in [0, 0.1) is 0 Å². The Labute approximate surface area is 264 Å². The predicted octanol–water partition coefficient (Wildman–Crippen LogP) is 8.95. The van der Waals surface area contributed by atoms with Gasteiger partial charge in [0.05, 0.1) is 29.2 Å². The van der Waals surface area contributed by atoms with Crippen molar-refractivity contribution in [1.82, 2.24) is 19.3 Å². The Bertz CT molecular complexity index is 1930. The molecule has 0 saturated heterocycles. The van der Waals surface area contributed by atoms with Crippen LogP contribution < -0.4 is 0 Å². The highest BCUT2D eigenvalue weighted by Crippen LogP contribution is 2.31. The molecule has 0 unspecified atom stereocenters. The summed E-state index contributed by atoms with van der Waals surface area (Å²) in [7, 11) is 1.41. The maximum absolute atomic E-state index is 12.3. The van der Waals surface area contributed by atoms with Crippen LogP contribution in [-0.2, 0) is 17.8 Å². The summed E-state index contributed by atoms with van der Waals surface area (Å²) >= 11 is 0. The second-order valence-electron chi connectivity index (χ2n) is 12.0. The van der Waals surface area contributed by atoms with E-state index in [1.165, 1.54) is 49.5 Å². The highest BCUT2D eigenvalue weighted by molar-refractivity contribution is 5.94. The molecule has 1 aliphatic rings. The number of methoxy groups -OCH3 is 1. The predicted molar refractivity (Wildman–Crippen MR) is 180 cm³/mol. The molecule has 1 aliphatic carbocycles. The van der Waals surface area contributed by atoms with Crippen molar-refractivity contribution >= 4 is 27.9 Å². The summed E-state index contributed by atoms with van der Waals surface area (Å²) in [5, 5.41) is 6.13. The first kappa shape index (κ1) is 28.8. The van der Waals surface area contributed by atoms with Gasteiger partial charge >= 0.3 is 5.97 Å². The van der Waals surface area contributed by atoms with Gasteiger partial charge in [0, 0.05) is 36.2 Å². The fourth-order valence-electron chi connectivity index (χ4n) is 6.69.